The highest BCUT2D eigenvalue weighted by molar-refractivity contribution is 7.89. The SMILES string of the molecule is CCn1c(COc2ccc(C(C)=O)cc2)nc2cc(S(=O)(=O)N3CCCCC3)ccc21. The number of piperidine rings is 1. The number of fused-ring (bicyclic) bond motifs is 1. The van der Waals surface area contributed by atoms with E-state index in [2.05, 4.69) is 4.98 Å². The van der Waals surface area contributed by atoms with Crippen LogP contribution in [-0.2, 0) is 23.2 Å². The first-order chi connectivity index (χ1) is 14.9. The molecule has 7 nitrogen and oxygen atoms in total. The van der Waals surface area contributed by atoms with Crippen molar-refractivity contribution >= 4 is 26.8 Å². The largest absolute Gasteiger partial charge is 0.486 e. The molecule has 0 radical (unpaired) electrons. The number of nitrogens with zero attached hydrogens (tertiary/aromatic N) is 3. The Kier molecular flexibility index (Phi) is 6.11. The highest BCUT2D eigenvalue weighted by Crippen LogP contribution is 2.25. The molecule has 0 atom stereocenters. The van der Waals surface area contributed by atoms with Crippen LogP contribution in [0.15, 0.2) is 47.4 Å². The van der Waals surface area contributed by atoms with Crippen LogP contribution in [0.4, 0.5) is 0 Å². The van der Waals surface area contributed by atoms with Gasteiger partial charge in [0.1, 0.15) is 18.2 Å². The minimum atomic E-state index is -3.50. The molecule has 2 heterocycles. The number of imidazole rings is 1. The Morgan fingerprint density at radius 1 is 1.06 bits per heavy atom. The van der Waals surface area contributed by atoms with Crippen LogP contribution in [0.25, 0.3) is 11.0 Å². The fraction of sp³-hybridized carbons (Fsp3) is 0.391. The molecule has 0 N–H and O–H groups in total. The number of ketones is 1. The molecule has 1 fully saturated rings. The molecule has 0 bridgehead atoms. The first kappa shape index (κ1) is 21.5. The van der Waals surface area contributed by atoms with Gasteiger partial charge < -0.3 is 9.30 Å². The lowest BCUT2D eigenvalue weighted by atomic mass is 10.1. The Morgan fingerprint density at radius 2 is 1.77 bits per heavy atom. The third-order valence-corrected chi connectivity index (χ3v) is 7.59. The van der Waals surface area contributed by atoms with Gasteiger partial charge in [-0.2, -0.15) is 4.31 Å². The van der Waals surface area contributed by atoms with Crippen LogP contribution in [0.3, 0.4) is 0 Å². The summed E-state index contributed by atoms with van der Waals surface area (Å²) in [5.74, 6) is 1.38. The molecular weight excluding hydrogens is 414 g/mol. The first-order valence-corrected chi connectivity index (χ1v) is 12.1. The van der Waals surface area contributed by atoms with E-state index in [4.69, 9.17) is 4.74 Å². The fourth-order valence-electron chi connectivity index (χ4n) is 3.97. The van der Waals surface area contributed by atoms with Gasteiger partial charge in [-0.15, -0.1) is 0 Å². The molecule has 2 aromatic carbocycles. The van der Waals surface area contributed by atoms with Gasteiger partial charge in [0.25, 0.3) is 0 Å². The van der Waals surface area contributed by atoms with E-state index in [1.807, 2.05) is 17.6 Å². The second kappa shape index (κ2) is 8.80. The van der Waals surface area contributed by atoms with Crippen molar-refractivity contribution in [1.82, 2.24) is 13.9 Å². The minimum absolute atomic E-state index is 0.00892. The second-order valence-electron chi connectivity index (χ2n) is 7.76. The van der Waals surface area contributed by atoms with E-state index < -0.39 is 10.0 Å². The van der Waals surface area contributed by atoms with Gasteiger partial charge in [-0.1, -0.05) is 6.42 Å². The summed E-state index contributed by atoms with van der Waals surface area (Å²) in [5.41, 5.74) is 2.16. The number of Topliss-reactive ketones (excluding diaryl/α,β-unsaturated/α-hetero) is 1. The summed E-state index contributed by atoms with van der Waals surface area (Å²) in [5, 5.41) is 0. The van der Waals surface area contributed by atoms with Crippen molar-refractivity contribution in [2.24, 2.45) is 0 Å². The third kappa shape index (κ3) is 4.36. The van der Waals surface area contributed by atoms with Crippen LogP contribution in [0.1, 0.15) is 49.3 Å². The van der Waals surface area contributed by atoms with Crippen LogP contribution in [0.5, 0.6) is 5.75 Å². The Labute approximate surface area is 182 Å². The van der Waals surface area contributed by atoms with Gasteiger partial charge in [-0.25, -0.2) is 13.4 Å². The summed E-state index contributed by atoms with van der Waals surface area (Å²) in [6.07, 6.45) is 2.88. The Hall–Kier alpha value is -2.71. The number of carbonyl (C=O) groups is 1. The zero-order valence-electron chi connectivity index (χ0n) is 17.9. The maximum atomic E-state index is 13.0. The molecule has 4 rings (SSSR count). The minimum Gasteiger partial charge on any atom is -0.486 e. The molecule has 0 spiro atoms. The molecule has 1 aliphatic rings. The molecule has 31 heavy (non-hydrogen) atoms. The van der Waals surface area contributed by atoms with Crippen LogP contribution >= 0.6 is 0 Å². The van der Waals surface area contributed by atoms with Gasteiger partial charge in [0, 0.05) is 25.2 Å². The molecule has 0 saturated carbocycles. The number of aryl methyl sites for hydroxylation is 1. The van der Waals surface area contributed by atoms with Crippen molar-refractivity contribution < 1.29 is 17.9 Å². The van der Waals surface area contributed by atoms with Crippen molar-refractivity contribution in [3.05, 3.63) is 53.9 Å². The molecule has 8 heteroatoms. The number of benzene rings is 2. The van der Waals surface area contributed by atoms with Crippen molar-refractivity contribution in [3.8, 4) is 5.75 Å². The van der Waals surface area contributed by atoms with E-state index in [0.29, 0.717) is 36.5 Å². The Morgan fingerprint density at radius 3 is 2.42 bits per heavy atom. The average Bonchev–Trinajstić information content (AvgIpc) is 3.15. The molecule has 3 aromatic rings. The van der Waals surface area contributed by atoms with Crippen molar-refractivity contribution in [2.75, 3.05) is 13.1 Å². The monoisotopic (exact) mass is 441 g/mol. The summed E-state index contributed by atoms with van der Waals surface area (Å²) < 4.78 is 35.5. The van der Waals surface area contributed by atoms with Crippen LogP contribution < -0.4 is 4.74 Å². The van der Waals surface area contributed by atoms with Gasteiger partial charge in [-0.3, -0.25) is 4.79 Å². The van der Waals surface area contributed by atoms with Gasteiger partial charge >= 0.3 is 0 Å². The van der Waals surface area contributed by atoms with Crippen LogP contribution in [0.2, 0.25) is 0 Å². The van der Waals surface area contributed by atoms with Gasteiger partial charge in [0.15, 0.2) is 5.78 Å². The summed E-state index contributed by atoms with van der Waals surface area (Å²) in [7, 11) is -3.50. The average molecular weight is 442 g/mol. The highest BCUT2D eigenvalue weighted by Gasteiger charge is 2.26. The van der Waals surface area contributed by atoms with Crippen molar-refractivity contribution in [3.63, 3.8) is 0 Å². The molecule has 1 saturated heterocycles. The van der Waals surface area contributed by atoms with Gasteiger partial charge in [-0.05, 0) is 69.2 Å². The lowest BCUT2D eigenvalue weighted by Gasteiger charge is -2.25. The van der Waals surface area contributed by atoms with E-state index >= 15 is 0 Å². The zero-order chi connectivity index (χ0) is 22.0. The molecule has 1 aliphatic heterocycles. The van der Waals surface area contributed by atoms with E-state index in [9.17, 15) is 13.2 Å². The number of aromatic nitrogens is 2. The predicted octanol–water partition coefficient (Wildman–Crippen LogP) is 4.01. The third-order valence-electron chi connectivity index (χ3n) is 5.70. The predicted molar refractivity (Wildman–Crippen MR) is 119 cm³/mol. The topological polar surface area (TPSA) is 81.5 Å². The number of ether oxygens (including phenoxy) is 1. The van der Waals surface area contributed by atoms with E-state index in [-0.39, 0.29) is 17.3 Å². The fourth-order valence-corrected chi connectivity index (χ4v) is 5.51. The van der Waals surface area contributed by atoms with Crippen LogP contribution in [0, 0.1) is 0 Å². The molecule has 0 amide bonds. The quantitative estimate of drug-likeness (QED) is 0.518. The number of hydrogen-bond acceptors (Lipinski definition) is 5. The summed E-state index contributed by atoms with van der Waals surface area (Å²) in [6.45, 7) is 5.63. The summed E-state index contributed by atoms with van der Waals surface area (Å²) >= 11 is 0. The number of sulfonamides is 1. The molecule has 0 unspecified atom stereocenters. The van der Waals surface area contributed by atoms with Crippen molar-refractivity contribution in [1.29, 1.82) is 0 Å². The maximum Gasteiger partial charge on any atom is 0.243 e. The van der Waals surface area contributed by atoms with Gasteiger partial charge in [0.05, 0.1) is 15.9 Å². The Bertz CT molecular complexity index is 1190. The van der Waals surface area contributed by atoms with Crippen molar-refractivity contribution in [2.45, 2.75) is 51.2 Å². The maximum absolute atomic E-state index is 13.0. The number of hydrogen-bond donors (Lipinski definition) is 0. The smallest absolute Gasteiger partial charge is 0.243 e. The molecule has 0 aliphatic carbocycles. The highest BCUT2D eigenvalue weighted by atomic mass is 32.2. The molecule has 164 valence electrons. The van der Waals surface area contributed by atoms with E-state index in [1.165, 1.54) is 6.92 Å². The Balaban J connectivity index is 1.59. The van der Waals surface area contributed by atoms with Gasteiger partial charge in [0.2, 0.25) is 10.0 Å². The molecule has 1 aromatic heterocycles. The summed E-state index contributed by atoms with van der Waals surface area (Å²) in [6, 6.07) is 12.2. The number of rotatable bonds is 7. The van der Waals surface area contributed by atoms with Crippen LogP contribution in [-0.4, -0.2) is 41.1 Å². The lowest BCUT2D eigenvalue weighted by molar-refractivity contribution is 0.101. The first-order valence-electron chi connectivity index (χ1n) is 10.6. The zero-order valence-corrected chi connectivity index (χ0v) is 18.7. The van der Waals surface area contributed by atoms with E-state index in [0.717, 1.165) is 30.6 Å². The number of carbonyl (C=O) groups excluding carboxylic acids is 1. The standard InChI is InChI=1S/C23H27N3O4S/c1-3-26-22-12-11-20(31(28,29)25-13-5-4-6-14-25)15-21(22)24-23(26)16-30-19-9-7-18(8-10-19)17(2)27/h7-12,15H,3-6,13-14,16H2,1-2H3. The second-order valence-corrected chi connectivity index (χ2v) is 9.69. The molecular formula is C23H27N3O4S. The summed E-state index contributed by atoms with van der Waals surface area (Å²) in [4.78, 5) is 16.4. The van der Waals surface area contributed by atoms with E-state index in [1.54, 1.807) is 40.7 Å². The normalized spacial score (nSPS) is 15.3. The lowest BCUT2D eigenvalue weighted by Crippen LogP contribution is -2.35.